The van der Waals surface area contributed by atoms with Crippen LogP contribution in [0.5, 0.6) is 0 Å². The summed E-state index contributed by atoms with van der Waals surface area (Å²) in [6.45, 7) is 2.18. The van der Waals surface area contributed by atoms with E-state index < -0.39 is 0 Å². The molecule has 0 aromatic carbocycles. The molecule has 0 heterocycles. The maximum absolute atomic E-state index is 9.03. The Labute approximate surface area is 68.4 Å². The van der Waals surface area contributed by atoms with E-state index in [1.165, 1.54) is 19.3 Å². The Morgan fingerprint density at radius 3 is 2.50 bits per heavy atom. The second kappa shape index (κ2) is 7.36. The molecular weight excluding hydrogens is 148 g/mol. The highest BCUT2D eigenvalue weighted by Crippen LogP contribution is 2.05. The van der Waals surface area contributed by atoms with Gasteiger partial charge in [-0.3, -0.25) is 0 Å². The van der Waals surface area contributed by atoms with Gasteiger partial charge in [0.15, 0.2) is 0 Å². The molecule has 0 saturated carbocycles. The molecule has 0 spiro atoms. The highest BCUT2D eigenvalue weighted by molar-refractivity contribution is 6.18. The Kier molecular flexibility index (Phi) is 7.54. The first-order valence-electron chi connectivity index (χ1n) is 4.05. The first-order chi connectivity index (χ1) is 4.81. The zero-order valence-corrected chi connectivity index (χ0v) is 7.40. The topological polar surface area (TPSA) is 20.2 Å². The fraction of sp³-hybridized carbons (Fsp3) is 1.00. The molecule has 0 aromatic rings. The van der Waals surface area contributed by atoms with Crippen molar-refractivity contribution in [3.63, 3.8) is 0 Å². The largest absolute Gasteiger partial charge is 0.392 e. The fourth-order valence-electron chi connectivity index (χ4n) is 0.884. The van der Waals surface area contributed by atoms with Gasteiger partial charge in [0.05, 0.1) is 6.10 Å². The Bertz CT molecular complexity index is 66.3. The third-order valence-electron chi connectivity index (χ3n) is 1.57. The molecule has 1 nitrogen and oxygen atoms in total. The van der Waals surface area contributed by atoms with Crippen LogP contribution in [0.1, 0.15) is 39.0 Å². The standard InChI is InChI=1S/C8H17ClO/c1-2-3-4-5-6-8(10)7-9/h8,10H,2-7H2,1H3. The first-order valence-corrected chi connectivity index (χ1v) is 4.58. The number of hydrogen-bond acceptors (Lipinski definition) is 1. The van der Waals surface area contributed by atoms with Crippen molar-refractivity contribution < 1.29 is 5.11 Å². The molecule has 2 heteroatoms. The van der Waals surface area contributed by atoms with Crippen molar-refractivity contribution in [1.29, 1.82) is 0 Å². The van der Waals surface area contributed by atoms with Gasteiger partial charge in [0.2, 0.25) is 0 Å². The summed E-state index contributed by atoms with van der Waals surface area (Å²) in [5, 5.41) is 9.03. The zero-order valence-electron chi connectivity index (χ0n) is 6.65. The minimum Gasteiger partial charge on any atom is -0.392 e. The quantitative estimate of drug-likeness (QED) is 0.473. The molecule has 0 aliphatic heterocycles. The lowest BCUT2D eigenvalue weighted by Gasteiger charge is -2.04. The van der Waals surface area contributed by atoms with Gasteiger partial charge in [-0.05, 0) is 6.42 Å². The summed E-state index contributed by atoms with van der Waals surface area (Å²) in [5.41, 5.74) is 0. The average Bonchev–Trinajstić information content (AvgIpc) is 1.98. The number of aliphatic hydroxyl groups is 1. The predicted octanol–water partition coefficient (Wildman–Crippen LogP) is 2.56. The molecule has 0 aliphatic rings. The van der Waals surface area contributed by atoms with Gasteiger partial charge in [-0.2, -0.15) is 0 Å². The van der Waals surface area contributed by atoms with Crippen LogP contribution in [0.4, 0.5) is 0 Å². The highest BCUT2D eigenvalue weighted by atomic mass is 35.5. The van der Waals surface area contributed by atoms with Crippen LogP contribution in [0, 0.1) is 0 Å². The molecule has 0 saturated heterocycles. The number of halogens is 1. The monoisotopic (exact) mass is 164 g/mol. The van der Waals surface area contributed by atoms with Crippen LogP contribution in [0.3, 0.4) is 0 Å². The minimum absolute atomic E-state index is 0.279. The van der Waals surface area contributed by atoms with E-state index in [0.717, 1.165) is 12.8 Å². The third kappa shape index (κ3) is 6.37. The molecule has 0 radical (unpaired) electrons. The van der Waals surface area contributed by atoms with Crippen LogP contribution in [-0.4, -0.2) is 17.1 Å². The summed E-state index contributed by atoms with van der Waals surface area (Å²) in [6.07, 6.45) is 5.44. The number of unbranched alkanes of at least 4 members (excludes halogenated alkanes) is 3. The number of alkyl halides is 1. The van der Waals surface area contributed by atoms with Crippen LogP contribution in [0.2, 0.25) is 0 Å². The van der Waals surface area contributed by atoms with Crippen molar-refractivity contribution in [1.82, 2.24) is 0 Å². The van der Waals surface area contributed by atoms with E-state index in [-0.39, 0.29) is 6.10 Å². The van der Waals surface area contributed by atoms with Crippen LogP contribution < -0.4 is 0 Å². The molecule has 0 aromatic heterocycles. The van der Waals surface area contributed by atoms with Gasteiger partial charge in [-0.15, -0.1) is 11.6 Å². The molecule has 0 bridgehead atoms. The second-order valence-electron chi connectivity index (χ2n) is 2.66. The Morgan fingerprint density at radius 1 is 1.30 bits per heavy atom. The summed E-state index contributed by atoms with van der Waals surface area (Å²) in [6, 6.07) is 0. The normalized spacial score (nSPS) is 13.5. The molecule has 0 amide bonds. The third-order valence-corrected chi connectivity index (χ3v) is 1.93. The molecule has 10 heavy (non-hydrogen) atoms. The number of aliphatic hydroxyl groups excluding tert-OH is 1. The Morgan fingerprint density at radius 2 is 2.00 bits per heavy atom. The van der Waals surface area contributed by atoms with E-state index in [9.17, 15) is 0 Å². The minimum atomic E-state index is -0.279. The van der Waals surface area contributed by atoms with E-state index >= 15 is 0 Å². The fourth-order valence-corrected chi connectivity index (χ4v) is 1.04. The van der Waals surface area contributed by atoms with Gasteiger partial charge in [0, 0.05) is 5.88 Å². The lowest BCUT2D eigenvalue weighted by atomic mass is 10.1. The molecule has 1 unspecified atom stereocenters. The van der Waals surface area contributed by atoms with Crippen molar-refractivity contribution in [3.8, 4) is 0 Å². The van der Waals surface area contributed by atoms with Gasteiger partial charge in [0.25, 0.3) is 0 Å². The molecule has 0 fully saturated rings. The van der Waals surface area contributed by atoms with Gasteiger partial charge >= 0.3 is 0 Å². The summed E-state index contributed by atoms with van der Waals surface area (Å²) >= 11 is 5.41. The maximum atomic E-state index is 9.03. The lowest BCUT2D eigenvalue weighted by molar-refractivity contribution is 0.183. The van der Waals surface area contributed by atoms with Crippen LogP contribution >= 0.6 is 11.6 Å². The molecule has 62 valence electrons. The highest BCUT2D eigenvalue weighted by Gasteiger charge is 1.99. The average molecular weight is 165 g/mol. The summed E-state index contributed by atoms with van der Waals surface area (Å²) in [5.74, 6) is 0.381. The molecule has 0 aliphatic carbocycles. The van der Waals surface area contributed by atoms with Crippen molar-refractivity contribution in [2.75, 3.05) is 5.88 Å². The van der Waals surface area contributed by atoms with Crippen molar-refractivity contribution in [2.45, 2.75) is 45.1 Å². The summed E-state index contributed by atoms with van der Waals surface area (Å²) < 4.78 is 0. The van der Waals surface area contributed by atoms with E-state index in [2.05, 4.69) is 6.92 Å². The van der Waals surface area contributed by atoms with Gasteiger partial charge in [-0.25, -0.2) is 0 Å². The van der Waals surface area contributed by atoms with Crippen molar-refractivity contribution >= 4 is 11.6 Å². The summed E-state index contributed by atoms with van der Waals surface area (Å²) in [7, 11) is 0. The Balaban J connectivity index is 2.89. The predicted molar refractivity (Wildman–Crippen MR) is 45.5 cm³/mol. The smallest absolute Gasteiger partial charge is 0.0675 e. The van der Waals surface area contributed by atoms with E-state index in [1.807, 2.05) is 0 Å². The first kappa shape index (κ1) is 10.2. The molecule has 1 atom stereocenters. The van der Waals surface area contributed by atoms with E-state index in [1.54, 1.807) is 0 Å². The van der Waals surface area contributed by atoms with Gasteiger partial charge in [0.1, 0.15) is 0 Å². The van der Waals surface area contributed by atoms with E-state index in [0.29, 0.717) is 5.88 Å². The molecule has 0 rings (SSSR count). The molecular formula is C8H17ClO. The van der Waals surface area contributed by atoms with Gasteiger partial charge in [-0.1, -0.05) is 32.6 Å². The van der Waals surface area contributed by atoms with Crippen LogP contribution in [0.25, 0.3) is 0 Å². The number of hydrogen-bond donors (Lipinski definition) is 1. The zero-order chi connectivity index (χ0) is 7.82. The van der Waals surface area contributed by atoms with E-state index in [4.69, 9.17) is 16.7 Å². The van der Waals surface area contributed by atoms with Crippen LogP contribution in [-0.2, 0) is 0 Å². The van der Waals surface area contributed by atoms with Crippen molar-refractivity contribution in [3.05, 3.63) is 0 Å². The van der Waals surface area contributed by atoms with Crippen molar-refractivity contribution in [2.24, 2.45) is 0 Å². The SMILES string of the molecule is CCCCCCC(O)CCl. The second-order valence-corrected chi connectivity index (χ2v) is 2.97. The Hall–Kier alpha value is 0.250. The van der Waals surface area contributed by atoms with Crippen LogP contribution in [0.15, 0.2) is 0 Å². The summed E-state index contributed by atoms with van der Waals surface area (Å²) in [4.78, 5) is 0. The molecule has 1 N–H and O–H groups in total. The maximum Gasteiger partial charge on any atom is 0.0675 e. The van der Waals surface area contributed by atoms with Gasteiger partial charge < -0.3 is 5.11 Å². The number of rotatable bonds is 6. The lowest BCUT2D eigenvalue weighted by Crippen LogP contribution is -2.07.